The molecule has 0 aliphatic heterocycles. The Morgan fingerprint density at radius 1 is 1.03 bits per heavy atom. The van der Waals surface area contributed by atoms with E-state index in [-0.39, 0.29) is 29.0 Å². The molecule has 2 aromatic rings. The molecule has 1 atom stereocenters. The van der Waals surface area contributed by atoms with E-state index in [1.165, 1.54) is 11.8 Å². The molecule has 0 radical (unpaired) electrons. The smallest absolute Gasteiger partial charge is 0.338 e. The van der Waals surface area contributed by atoms with Gasteiger partial charge in [0.05, 0.1) is 17.4 Å². The maximum atomic E-state index is 12.7. The monoisotopic (exact) mass is 426 g/mol. The number of nitrogens with one attached hydrogen (secondary N) is 2. The van der Waals surface area contributed by atoms with Gasteiger partial charge in [-0.2, -0.15) is 0 Å². The van der Waals surface area contributed by atoms with Gasteiger partial charge < -0.3 is 15.4 Å². The normalized spacial score (nSPS) is 13.9. The maximum Gasteiger partial charge on any atom is 0.338 e. The fraction of sp³-hybridized carbons (Fsp3) is 0.348. The van der Waals surface area contributed by atoms with E-state index in [0.717, 1.165) is 23.4 Å². The molecule has 0 saturated heterocycles. The molecule has 30 heavy (non-hydrogen) atoms. The minimum Gasteiger partial charge on any atom is -0.462 e. The van der Waals surface area contributed by atoms with E-state index in [1.54, 1.807) is 31.2 Å². The van der Waals surface area contributed by atoms with Crippen LogP contribution in [0.1, 0.15) is 43.5 Å². The van der Waals surface area contributed by atoms with Gasteiger partial charge in [-0.25, -0.2) is 4.79 Å². The van der Waals surface area contributed by atoms with E-state index >= 15 is 0 Å². The highest BCUT2D eigenvalue weighted by Gasteiger charge is 2.29. The fourth-order valence-electron chi connectivity index (χ4n) is 2.85. The van der Waals surface area contributed by atoms with Crippen molar-refractivity contribution in [2.24, 2.45) is 5.92 Å². The fourth-order valence-corrected chi connectivity index (χ4v) is 3.86. The van der Waals surface area contributed by atoms with E-state index in [2.05, 4.69) is 10.6 Å². The second kappa shape index (κ2) is 10.3. The van der Waals surface area contributed by atoms with Crippen molar-refractivity contribution in [3.05, 3.63) is 54.1 Å². The Morgan fingerprint density at radius 2 is 1.77 bits per heavy atom. The summed E-state index contributed by atoms with van der Waals surface area (Å²) >= 11 is 1.46. The summed E-state index contributed by atoms with van der Waals surface area (Å²) in [5, 5.41) is 5.55. The molecule has 1 aliphatic rings. The minimum atomic E-state index is -0.383. The van der Waals surface area contributed by atoms with E-state index in [4.69, 9.17) is 4.74 Å². The third kappa shape index (κ3) is 6.10. The number of hydrogen-bond acceptors (Lipinski definition) is 5. The topological polar surface area (TPSA) is 84.5 Å². The standard InChI is InChI=1S/C23H26N2O4S/c1-3-20(22(27)24-17-12-10-16(11-13-17)23(28)29-4-2)30-19-7-5-6-18(14-19)25-21(26)15-8-9-15/h5-7,10-15,20H,3-4,8-9H2,1-2H3,(H,24,27)(H,25,26). The number of thioether (sulfide) groups is 1. The van der Waals surface area contributed by atoms with E-state index < -0.39 is 0 Å². The van der Waals surface area contributed by atoms with Crippen LogP contribution in [0.3, 0.4) is 0 Å². The molecule has 2 aromatic carbocycles. The second-order valence-electron chi connectivity index (χ2n) is 7.09. The lowest BCUT2D eigenvalue weighted by Crippen LogP contribution is -2.24. The zero-order chi connectivity index (χ0) is 21.5. The Hall–Kier alpha value is -2.80. The molecule has 1 saturated carbocycles. The summed E-state index contributed by atoms with van der Waals surface area (Å²) < 4.78 is 4.97. The lowest BCUT2D eigenvalue weighted by atomic mass is 10.2. The van der Waals surface area contributed by atoms with Gasteiger partial charge in [-0.1, -0.05) is 13.0 Å². The Labute approximate surface area is 180 Å². The lowest BCUT2D eigenvalue weighted by Gasteiger charge is -2.15. The zero-order valence-electron chi connectivity index (χ0n) is 17.1. The van der Waals surface area contributed by atoms with Crippen molar-refractivity contribution in [2.75, 3.05) is 17.2 Å². The van der Waals surface area contributed by atoms with Crippen LogP contribution in [0.2, 0.25) is 0 Å². The molecular weight excluding hydrogens is 400 g/mol. The van der Waals surface area contributed by atoms with Crippen LogP contribution in [-0.2, 0) is 14.3 Å². The van der Waals surface area contributed by atoms with Crippen LogP contribution < -0.4 is 10.6 Å². The molecule has 1 fully saturated rings. The van der Waals surface area contributed by atoms with Gasteiger partial charge in [-0.3, -0.25) is 9.59 Å². The Bertz CT molecular complexity index is 910. The highest BCUT2D eigenvalue weighted by Crippen LogP contribution is 2.32. The summed E-state index contributed by atoms with van der Waals surface area (Å²) in [6.07, 6.45) is 2.56. The SMILES string of the molecule is CCOC(=O)c1ccc(NC(=O)C(CC)Sc2cccc(NC(=O)C3CC3)c2)cc1. The number of hydrogen-bond donors (Lipinski definition) is 2. The van der Waals surface area contributed by atoms with Crippen molar-refractivity contribution in [3.8, 4) is 0 Å². The summed E-state index contributed by atoms with van der Waals surface area (Å²) in [4.78, 5) is 37.4. The highest BCUT2D eigenvalue weighted by atomic mass is 32.2. The van der Waals surface area contributed by atoms with Crippen LogP contribution in [0.5, 0.6) is 0 Å². The van der Waals surface area contributed by atoms with Crippen molar-refractivity contribution in [3.63, 3.8) is 0 Å². The minimum absolute atomic E-state index is 0.0631. The summed E-state index contributed by atoms with van der Waals surface area (Å²) in [7, 11) is 0. The molecule has 2 amide bonds. The number of ether oxygens (including phenoxy) is 1. The van der Waals surface area contributed by atoms with Gasteiger partial charge >= 0.3 is 5.97 Å². The number of esters is 1. The molecule has 0 aromatic heterocycles. The van der Waals surface area contributed by atoms with Gasteiger partial charge in [0.2, 0.25) is 11.8 Å². The number of amides is 2. The van der Waals surface area contributed by atoms with Crippen molar-refractivity contribution < 1.29 is 19.1 Å². The van der Waals surface area contributed by atoms with Crippen molar-refractivity contribution >= 4 is 40.9 Å². The molecule has 6 nitrogen and oxygen atoms in total. The van der Waals surface area contributed by atoms with Crippen LogP contribution in [0.4, 0.5) is 11.4 Å². The first-order valence-corrected chi connectivity index (χ1v) is 11.0. The number of anilines is 2. The van der Waals surface area contributed by atoms with Gasteiger partial charge in [0.1, 0.15) is 0 Å². The summed E-state index contributed by atoms with van der Waals surface area (Å²) in [6, 6.07) is 14.2. The lowest BCUT2D eigenvalue weighted by molar-refractivity contribution is -0.117. The Morgan fingerprint density at radius 3 is 2.40 bits per heavy atom. The highest BCUT2D eigenvalue weighted by molar-refractivity contribution is 8.00. The van der Waals surface area contributed by atoms with E-state index in [9.17, 15) is 14.4 Å². The van der Waals surface area contributed by atoms with Crippen molar-refractivity contribution in [1.82, 2.24) is 0 Å². The summed E-state index contributed by atoms with van der Waals surface area (Å²) in [5.74, 6) is -0.288. The van der Waals surface area contributed by atoms with Crippen LogP contribution >= 0.6 is 11.8 Å². The molecule has 2 N–H and O–H groups in total. The molecular formula is C23H26N2O4S. The summed E-state index contributed by atoms with van der Waals surface area (Å²) in [6.45, 7) is 4.03. The second-order valence-corrected chi connectivity index (χ2v) is 8.37. The van der Waals surface area contributed by atoms with Crippen LogP contribution in [-0.4, -0.2) is 29.6 Å². The number of carbonyl (C=O) groups is 3. The van der Waals surface area contributed by atoms with E-state index in [0.29, 0.717) is 24.3 Å². The van der Waals surface area contributed by atoms with Crippen molar-refractivity contribution in [1.29, 1.82) is 0 Å². The molecule has 3 rings (SSSR count). The zero-order valence-corrected chi connectivity index (χ0v) is 18.0. The van der Waals surface area contributed by atoms with E-state index in [1.807, 2.05) is 31.2 Å². The van der Waals surface area contributed by atoms with Gasteiger partial charge in [0.15, 0.2) is 0 Å². The number of rotatable bonds is 9. The first kappa shape index (κ1) is 21.9. The Kier molecular flexibility index (Phi) is 7.52. The third-order valence-corrected chi connectivity index (χ3v) is 6.01. The van der Waals surface area contributed by atoms with Gasteiger partial charge in [0, 0.05) is 22.2 Å². The average Bonchev–Trinajstić information content (AvgIpc) is 3.58. The number of benzene rings is 2. The molecule has 0 heterocycles. The average molecular weight is 427 g/mol. The van der Waals surface area contributed by atoms with Crippen molar-refractivity contribution in [2.45, 2.75) is 43.3 Å². The molecule has 158 valence electrons. The maximum absolute atomic E-state index is 12.7. The van der Waals surface area contributed by atoms with Gasteiger partial charge in [-0.05, 0) is 68.7 Å². The first-order chi connectivity index (χ1) is 14.5. The van der Waals surface area contributed by atoms with Gasteiger partial charge in [-0.15, -0.1) is 11.8 Å². The summed E-state index contributed by atoms with van der Waals surface area (Å²) in [5.41, 5.74) is 1.82. The number of carbonyl (C=O) groups excluding carboxylic acids is 3. The molecule has 0 bridgehead atoms. The molecule has 1 aliphatic carbocycles. The third-order valence-electron chi connectivity index (χ3n) is 4.65. The van der Waals surface area contributed by atoms with Crippen LogP contribution in [0.15, 0.2) is 53.4 Å². The molecule has 1 unspecified atom stereocenters. The quantitative estimate of drug-likeness (QED) is 0.448. The largest absolute Gasteiger partial charge is 0.462 e. The first-order valence-electron chi connectivity index (χ1n) is 10.2. The molecule has 7 heteroatoms. The van der Waals surface area contributed by atoms with Crippen LogP contribution in [0.25, 0.3) is 0 Å². The molecule has 0 spiro atoms. The Balaban J connectivity index is 1.59. The predicted molar refractivity (Wildman–Crippen MR) is 119 cm³/mol. The van der Waals surface area contributed by atoms with Gasteiger partial charge in [0.25, 0.3) is 0 Å². The predicted octanol–water partition coefficient (Wildman–Crippen LogP) is 4.72. The van der Waals surface area contributed by atoms with Crippen LogP contribution in [0, 0.1) is 5.92 Å².